The largest absolute Gasteiger partial charge is 0.422 e. The monoisotopic (exact) mass is 644 g/mol. The van der Waals surface area contributed by atoms with E-state index in [4.69, 9.17) is 9.47 Å². The summed E-state index contributed by atoms with van der Waals surface area (Å²) in [5.74, 6) is -1.29. The Hall–Kier alpha value is -7.22. The third-order valence-corrected chi connectivity index (χ3v) is 6.56. The third-order valence-electron chi connectivity index (χ3n) is 6.56. The average molecular weight is 645 g/mol. The number of hydrogen-bond donors (Lipinski definition) is 2. The second kappa shape index (κ2) is 15.2. The Morgan fingerprint density at radius 1 is 0.542 bits per heavy atom. The number of nitrogens with zero attached hydrogens (tertiary/aromatic N) is 4. The van der Waals surface area contributed by atoms with Gasteiger partial charge in [-0.15, -0.1) is 0 Å². The summed E-state index contributed by atoms with van der Waals surface area (Å²) in [5.41, 5.74) is 7.22. The SMILES string of the molecule is O=C(Oc1ccccc1/C=N/Nc1ccc([N+](=O)[O-])cc1)c1ccccc1C(=O)Oc1ccccc1/C=N/Nc1ccc([N+](=O)[O-])cc1. The fourth-order valence-electron chi connectivity index (χ4n) is 4.18. The predicted octanol–water partition coefficient (Wildman–Crippen LogP) is 6.83. The van der Waals surface area contributed by atoms with Gasteiger partial charge in [0.1, 0.15) is 11.5 Å². The lowest BCUT2D eigenvalue weighted by atomic mass is 10.1. The first kappa shape index (κ1) is 32.2. The molecule has 0 aliphatic rings. The van der Waals surface area contributed by atoms with Crippen LogP contribution in [0.15, 0.2) is 132 Å². The number of esters is 2. The maximum Gasteiger partial charge on any atom is 0.344 e. The van der Waals surface area contributed by atoms with Crippen LogP contribution in [0.25, 0.3) is 0 Å². The average Bonchev–Trinajstić information content (AvgIpc) is 3.10. The quantitative estimate of drug-likeness (QED) is 0.0479. The van der Waals surface area contributed by atoms with Gasteiger partial charge >= 0.3 is 11.9 Å². The zero-order valence-electron chi connectivity index (χ0n) is 24.8. The van der Waals surface area contributed by atoms with Gasteiger partial charge in [-0.05, 0) is 60.7 Å². The standard InChI is InChI=1S/C34H24N6O8/c41-33(47-31-11-5-1-7-23(31)21-35-37-25-13-17-27(18-14-25)39(43)44)29-9-3-4-10-30(29)34(42)48-32-12-6-2-8-24(32)22-36-38-26-15-19-28(20-16-26)40(45)46/h1-22,37-38H/b35-21+,36-22+. The van der Waals surface area contributed by atoms with Gasteiger partial charge in [0.15, 0.2) is 0 Å². The lowest BCUT2D eigenvalue weighted by Crippen LogP contribution is -2.18. The van der Waals surface area contributed by atoms with Gasteiger partial charge in [0, 0.05) is 35.4 Å². The maximum absolute atomic E-state index is 13.3. The van der Waals surface area contributed by atoms with Gasteiger partial charge < -0.3 is 9.47 Å². The highest BCUT2D eigenvalue weighted by Gasteiger charge is 2.21. The second-order valence-corrected chi connectivity index (χ2v) is 9.75. The van der Waals surface area contributed by atoms with Crippen LogP contribution >= 0.6 is 0 Å². The Morgan fingerprint density at radius 2 is 0.896 bits per heavy atom. The van der Waals surface area contributed by atoms with Crippen molar-refractivity contribution in [2.24, 2.45) is 10.2 Å². The van der Waals surface area contributed by atoms with Crippen LogP contribution in [0.4, 0.5) is 22.7 Å². The number of nitro benzene ring substituents is 2. The number of nitrogens with one attached hydrogen (secondary N) is 2. The molecule has 2 N–H and O–H groups in total. The Morgan fingerprint density at radius 3 is 1.27 bits per heavy atom. The number of nitro groups is 2. The Bertz CT molecular complexity index is 1880. The zero-order valence-corrected chi connectivity index (χ0v) is 24.8. The van der Waals surface area contributed by atoms with Crippen LogP contribution < -0.4 is 20.3 Å². The molecule has 0 saturated carbocycles. The molecule has 0 atom stereocenters. The molecular formula is C34H24N6O8. The molecule has 48 heavy (non-hydrogen) atoms. The third kappa shape index (κ3) is 8.28. The number of hydrazone groups is 2. The fourth-order valence-corrected chi connectivity index (χ4v) is 4.18. The number of non-ortho nitro benzene ring substituents is 2. The molecule has 14 nitrogen and oxygen atoms in total. The zero-order chi connectivity index (χ0) is 33.9. The van der Waals surface area contributed by atoms with Crippen molar-refractivity contribution in [3.05, 3.63) is 164 Å². The van der Waals surface area contributed by atoms with Crippen molar-refractivity contribution in [2.45, 2.75) is 0 Å². The molecule has 0 fully saturated rings. The molecule has 5 rings (SSSR count). The number of hydrogen-bond acceptors (Lipinski definition) is 12. The number of rotatable bonds is 12. The van der Waals surface area contributed by atoms with E-state index in [0.29, 0.717) is 22.5 Å². The molecule has 0 bridgehead atoms. The summed E-state index contributed by atoms with van der Waals surface area (Å²) in [4.78, 5) is 47.3. The Labute approximate surface area is 272 Å². The van der Waals surface area contributed by atoms with Crippen LogP contribution in [0.3, 0.4) is 0 Å². The van der Waals surface area contributed by atoms with Crippen LogP contribution in [0, 0.1) is 20.2 Å². The first-order chi connectivity index (χ1) is 23.3. The molecule has 0 aliphatic carbocycles. The van der Waals surface area contributed by atoms with E-state index in [2.05, 4.69) is 21.1 Å². The predicted molar refractivity (Wildman–Crippen MR) is 178 cm³/mol. The highest BCUT2D eigenvalue weighted by atomic mass is 16.6. The highest BCUT2D eigenvalue weighted by Crippen LogP contribution is 2.23. The highest BCUT2D eigenvalue weighted by molar-refractivity contribution is 6.05. The molecule has 0 heterocycles. The first-order valence-corrected chi connectivity index (χ1v) is 14.1. The lowest BCUT2D eigenvalue weighted by molar-refractivity contribution is -0.385. The van der Waals surface area contributed by atoms with Gasteiger partial charge in [-0.3, -0.25) is 31.1 Å². The van der Waals surface area contributed by atoms with E-state index < -0.39 is 21.8 Å². The summed E-state index contributed by atoms with van der Waals surface area (Å²) >= 11 is 0. The smallest absolute Gasteiger partial charge is 0.344 e. The summed E-state index contributed by atoms with van der Waals surface area (Å²) in [6.45, 7) is 0. The van der Waals surface area contributed by atoms with E-state index in [9.17, 15) is 29.8 Å². The van der Waals surface area contributed by atoms with Crippen LogP contribution in [0.5, 0.6) is 11.5 Å². The van der Waals surface area contributed by atoms with Gasteiger partial charge in [-0.1, -0.05) is 36.4 Å². The molecule has 0 unspecified atom stereocenters. The van der Waals surface area contributed by atoms with Crippen LogP contribution in [-0.2, 0) is 0 Å². The van der Waals surface area contributed by atoms with E-state index in [1.54, 1.807) is 60.7 Å². The van der Waals surface area contributed by atoms with Gasteiger partial charge in [0.05, 0.1) is 44.8 Å². The van der Waals surface area contributed by atoms with E-state index in [0.717, 1.165) is 0 Å². The van der Waals surface area contributed by atoms with Gasteiger partial charge in [0.2, 0.25) is 0 Å². The fraction of sp³-hybridized carbons (Fsp3) is 0. The topological polar surface area (TPSA) is 188 Å². The summed E-state index contributed by atoms with van der Waals surface area (Å²) in [5, 5.41) is 30.0. The molecule has 0 radical (unpaired) electrons. The molecule has 14 heteroatoms. The van der Waals surface area contributed by atoms with Crippen molar-refractivity contribution in [1.29, 1.82) is 0 Å². The van der Waals surface area contributed by atoms with Gasteiger partial charge in [0.25, 0.3) is 11.4 Å². The van der Waals surface area contributed by atoms with E-state index >= 15 is 0 Å². The van der Waals surface area contributed by atoms with Gasteiger partial charge in [-0.25, -0.2) is 9.59 Å². The molecule has 0 spiro atoms. The lowest BCUT2D eigenvalue weighted by Gasteiger charge is -2.12. The summed E-state index contributed by atoms with van der Waals surface area (Å²) in [7, 11) is 0. The number of ether oxygens (including phenoxy) is 2. The molecule has 0 aliphatic heterocycles. The summed E-state index contributed by atoms with van der Waals surface area (Å²) in [6, 6.07) is 30.6. The van der Waals surface area contributed by atoms with Crippen molar-refractivity contribution >= 4 is 47.1 Å². The van der Waals surface area contributed by atoms with Crippen molar-refractivity contribution in [1.82, 2.24) is 0 Å². The molecule has 5 aromatic carbocycles. The molecule has 0 amide bonds. The molecular weight excluding hydrogens is 620 g/mol. The molecule has 0 aromatic heterocycles. The minimum Gasteiger partial charge on any atom is -0.422 e. The van der Waals surface area contributed by atoms with Crippen LogP contribution in [0.2, 0.25) is 0 Å². The van der Waals surface area contributed by atoms with Crippen molar-refractivity contribution < 1.29 is 28.9 Å². The number of anilines is 2. The number of benzene rings is 5. The Kier molecular flexibility index (Phi) is 10.2. The maximum atomic E-state index is 13.3. The van der Waals surface area contributed by atoms with Crippen molar-refractivity contribution in [2.75, 3.05) is 10.9 Å². The second-order valence-electron chi connectivity index (χ2n) is 9.75. The minimum atomic E-state index is -0.811. The minimum absolute atomic E-state index is 0.0377. The molecule has 0 saturated heterocycles. The van der Waals surface area contributed by atoms with Gasteiger partial charge in [-0.2, -0.15) is 10.2 Å². The number of para-hydroxylation sites is 2. The molecule has 238 valence electrons. The number of carbonyl (C=O) groups is 2. The summed E-state index contributed by atoms with van der Waals surface area (Å²) < 4.78 is 11.3. The van der Waals surface area contributed by atoms with Crippen molar-refractivity contribution in [3.8, 4) is 11.5 Å². The van der Waals surface area contributed by atoms with Crippen LogP contribution in [-0.4, -0.2) is 34.2 Å². The Balaban J connectivity index is 1.26. The number of carbonyl (C=O) groups excluding carboxylic acids is 2. The first-order valence-electron chi connectivity index (χ1n) is 14.1. The molecule has 5 aromatic rings. The van der Waals surface area contributed by atoms with Crippen LogP contribution in [0.1, 0.15) is 31.8 Å². The summed E-state index contributed by atoms with van der Waals surface area (Å²) in [6.07, 6.45) is 2.83. The van der Waals surface area contributed by atoms with E-state index in [1.165, 1.54) is 73.1 Å². The van der Waals surface area contributed by atoms with E-state index in [1.807, 2.05) is 0 Å². The normalized spacial score (nSPS) is 10.8. The van der Waals surface area contributed by atoms with Crippen molar-refractivity contribution in [3.63, 3.8) is 0 Å². The van der Waals surface area contributed by atoms with E-state index in [-0.39, 0.29) is 34.0 Å².